The fraction of sp³-hybridized carbons (Fsp3) is 0.375. The maximum absolute atomic E-state index is 15.2. The van der Waals surface area contributed by atoms with E-state index in [2.05, 4.69) is 6.58 Å². The fourth-order valence-electron chi connectivity index (χ4n) is 3.60. The Morgan fingerprint density at radius 2 is 1.97 bits per heavy atom. The van der Waals surface area contributed by atoms with Crippen LogP contribution in [0.15, 0.2) is 36.9 Å². The Kier molecular flexibility index (Phi) is 9.31. The molecular weight excluding hydrogens is 443 g/mol. The van der Waals surface area contributed by atoms with Gasteiger partial charge < -0.3 is 15.2 Å². The number of carbonyl (C=O) groups excluding carboxylic acids is 1. The molecule has 174 valence electrons. The van der Waals surface area contributed by atoms with E-state index in [0.717, 1.165) is 18.9 Å². The van der Waals surface area contributed by atoms with E-state index < -0.39 is 29.5 Å². The molecule has 2 aromatic carbocycles. The number of ether oxygens (including phenoxy) is 2. The first-order valence-electron chi connectivity index (χ1n) is 10.3. The smallest absolute Gasteiger partial charge is 0.307 e. The number of hydrogen-bond donors (Lipinski definition) is 1. The molecule has 0 bridgehead atoms. The highest BCUT2D eigenvalue weighted by atomic mass is 35.5. The number of rotatable bonds is 10. The normalized spacial score (nSPS) is 13.9. The topological polar surface area (TPSA) is 61.5 Å². The molecule has 3 rings (SSSR count). The van der Waals surface area contributed by atoms with E-state index in [0.29, 0.717) is 11.1 Å². The number of halogens is 4. The van der Waals surface area contributed by atoms with Gasteiger partial charge in [-0.2, -0.15) is 0 Å². The summed E-state index contributed by atoms with van der Waals surface area (Å²) in [4.78, 5) is 11.9. The van der Waals surface area contributed by atoms with Crippen molar-refractivity contribution in [1.29, 1.82) is 0 Å². The summed E-state index contributed by atoms with van der Waals surface area (Å²) >= 11 is 0. The van der Waals surface area contributed by atoms with Gasteiger partial charge in [0, 0.05) is 23.2 Å². The van der Waals surface area contributed by atoms with Crippen molar-refractivity contribution in [3.05, 3.63) is 71.1 Å². The van der Waals surface area contributed by atoms with Crippen molar-refractivity contribution in [3.8, 4) is 11.1 Å². The van der Waals surface area contributed by atoms with Crippen molar-refractivity contribution >= 4 is 18.4 Å². The van der Waals surface area contributed by atoms with Crippen molar-refractivity contribution in [2.75, 3.05) is 13.2 Å². The lowest BCUT2D eigenvalue weighted by molar-refractivity contribution is -0.143. The standard InChI is InChI=1S/C24H26F3NO3.ClH/c1-3-7-30-13-16-8-17(25)11-20(26)23(16)15-9-18(14-5-6-14)24(27)19(10-15)21(28)12-22(29)31-4-2;/h3,8-11,14,21H,1,4-7,12-13,28H2,2H3;1H/t21-;/m0./s1. The molecule has 2 aromatic rings. The average molecular weight is 470 g/mol. The van der Waals surface area contributed by atoms with Gasteiger partial charge in [0.15, 0.2) is 0 Å². The molecule has 0 radical (unpaired) electrons. The van der Waals surface area contributed by atoms with E-state index in [-0.39, 0.29) is 61.3 Å². The maximum atomic E-state index is 15.2. The number of nitrogens with two attached hydrogens (primary N) is 1. The van der Waals surface area contributed by atoms with Crippen LogP contribution in [-0.2, 0) is 20.9 Å². The van der Waals surface area contributed by atoms with E-state index in [1.165, 1.54) is 18.2 Å². The predicted octanol–water partition coefficient (Wildman–Crippen LogP) is 5.73. The Balaban J connectivity index is 0.00000363. The van der Waals surface area contributed by atoms with Crippen molar-refractivity contribution in [2.45, 2.75) is 44.8 Å². The van der Waals surface area contributed by atoms with Gasteiger partial charge in [-0.3, -0.25) is 4.79 Å². The summed E-state index contributed by atoms with van der Waals surface area (Å²) in [6, 6.07) is 4.03. The molecule has 0 amide bonds. The average Bonchev–Trinajstić information content (AvgIpc) is 3.53. The minimum absolute atomic E-state index is 0. The molecule has 4 nitrogen and oxygen atoms in total. The maximum Gasteiger partial charge on any atom is 0.307 e. The molecule has 8 heteroatoms. The molecule has 1 aliphatic rings. The van der Waals surface area contributed by atoms with Gasteiger partial charge in [-0.05, 0) is 60.6 Å². The van der Waals surface area contributed by atoms with Crippen molar-refractivity contribution in [1.82, 2.24) is 0 Å². The van der Waals surface area contributed by atoms with Crippen LogP contribution in [0.25, 0.3) is 11.1 Å². The summed E-state index contributed by atoms with van der Waals surface area (Å²) in [7, 11) is 0. The zero-order valence-corrected chi connectivity index (χ0v) is 18.7. The molecule has 0 saturated heterocycles. The van der Waals surface area contributed by atoms with Gasteiger partial charge in [0.25, 0.3) is 0 Å². The number of esters is 1. The van der Waals surface area contributed by atoms with Crippen LogP contribution in [0.3, 0.4) is 0 Å². The lowest BCUT2D eigenvalue weighted by Gasteiger charge is -2.19. The van der Waals surface area contributed by atoms with Crippen LogP contribution in [0.1, 0.15) is 54.8 Å². The first-order valence-corrected chi connectivity index (χ1v) is 10.3. The second-order valence-corrected chi connectivity index (χ2v) is 7.58. The van der Waals surface area contributed by atoms with Gasteiger partial charge in [0.05, 0.1) is 26.2 Å². The molecule has 2 N–H and O–H groups in total. The summed E-state index contributed by atoms with van der Waals surface area (Å²) < 4.78 is 54.3. The lowest BCUT2D eigenvalue weighted by Crippen LogP contribution is -2.19. The van der Waals surface area contributed by atoms with Gasteiger partial charge in [-0.15, -0.1) is 19.0 Å². The van der Waals surface area contributed by atoms with Crippen LogP contribution in [0.5, 0.6) is 0 Å². The first kappa shape index (κ1) is 25.9. The summed E-state index contributed by atoms with van der Waals surface area (Å²) in [5, 5.41) is 0. The molecule has 1 atom stereocenters. The lowest BCUT2D eigenvalue weighted by atomic mass is 9.91. The highest BCUT2D eigenvalue weighted by Gasteiger charge is 2.31. The van der Waals surface area contributed by atoms with Gasteiger partial charge in [0.1, 0.15) is 17.5 Å². The Morgan fingerprint density at radius 1 is 1.25 bits per heavy atom. The number of benzene rings is 2. The molecule has 0 spiro atoms. The summed E-state index contributed by atoms with van der Waals surface area (Å²) in [5.41, 5.74) is 7.44. The zero-order chi connectivity index (χ0) is 22.5. The van der Waals surface area contributed by atoms with Gasteiger partial charge >= 0.3 is 5.97 Å². The largest absolute Gasteiger partial charge is 0.466 e. The number of hydrogen-bond acceptors (Lipinski definition) is 4. The molecule has 0 unspecified atom stereocenters. The van der Waals surface area contributed by atoms with Crippen LogP contribution < -0.4 is 5.73 Å². The molecule has 0 aromatic heterocycles. The fourth-order valence-corrected chi connectivity index (χ4v) is 3.60. The molecule has 1 saturated carbocycles. The quantitative estimate of drug-likeness (QED) is 0.274. The van der Waals surface area contributed by atoms with Crippen LogP contribution in [0.2, 0.25) is 0 Å². The van der Waals surface area contributed by atoms with Crippen molar-refractivity contribution in [2.24, 2.45) is 5.73 Å². The van der Waals surface area contributed by atoms with E-state index in [4.69, 9.17) is 15.2 Å². The van der Waals surface area contributed by atoms with E-state index in [1.54, 1.807) is 13.0 Å². The minimum atomic E-state index is -0.958. The number of carbonyl (C=O) groups is 1. The highest BCUT2D eigenvalue weighted by Crippen LogP contribution is 2.45. The predicted molar refractivity (Wildman–Crippen MR) is 119 cm³/mol. The molecule has 1 fully saturated rings. The monoisotopic (exact) mass is 469 g/mol. The second-order valence-electron chi connectivity index (χ2n) is 7.58. The Hall–Kier alpha value is -2.35. The van der Waals surface area contributed by atoms with Crippen LogP contribution in [0, 0.1) is 17.5 Å². The van der Waals surface area contributed by atoms with Crippen LogP contribution >= 0.6 is 12.4 Å². The molecule has 0 aliphatic heterocycles. The Morgan fingerprint density at radius 3 is 2.59 bits per heavy atom. The third kappa shape index (κ3) is 6.12. The van der Waals surface area contributed by atoms with Gasteiger partial charge in [-0.25, -0.2) is 13.2 Å². The summed E-state index contributed by atoms with van der Waals surface area (Å²) in [6.07, 6.45) is 2.95. The van der Waals surface area contributed by atoms with Gasteiger partial charge in [-0.1, -0.05) is 6.08 Å². The highest BCUT2D eigenvalue weighted by molar-refractivity contribution is 5.85. The van der Waals surface area contributed by atoms with E-state index >= 15 is 4.39 Å². The first-order chi connectivity index (χ1) is 14.8. The summed E-state index contributed by atoms with van der Waals surface area (Å²) in [5.74, 6) is -2.54. The molecule has 0 heterocycles. The summed E-state index contributed by atoms with van der Waals surface area (Å²) in [6.45, 7) is 5.58. The van der Waals surface area contributed by atoms with E-state index in [9.17, 15) is 13.6 Å². The molecule has 32 heavy (non-hydrogen) atoms. The van der Waals surface area contributed by atoms with E-state index in [1.807, 2.05) is 0 Å². The Labute approximate surface area is 192 Å². The van der Waals surface area contributed by atoms with Crippen molar-refractivity contribution < 1.29 is 27.4 Å². The second kappa shape index (κ2) is 11.5. The van der Waals surface area contributed by atoms with Crippen molar-refractivity contribution in [3.63, 3.8) is 0 Å². The third-order valence-electron chi connectivity index (χ3n) is 5.16. The minimum Gasteiger partial charge on any atom is -0.466 e. The Bertz CT molecular complexity index is 979. The van der Waals surface area contributed by atoms with Crippen LogP contribution in [0.4, 0.5) is 13.2 Å². The molecule has 1 aliphatic carbocycles. The zero-order valence-electron chi connectivity index (χ0n) is 17.8. The molecular formula is C24H27ClF3NO3. The van der Waals surface area contributed by atoms with Gasteiger partial charge in [0.2, 0.25) is 0 Å². The third-order valence-corrected chi connectivity index (χ3v) is 5.16. The SMILES string of the molecule is C=CCOCc1cc(F)cc(F)c1-c1cc(C2CC2)c(F)c([C@@H](N)CC(=O)OCC)c1.Cl. The van der Waals surface area contributed by atoms with Crippen LogP contribution in [-0.4, -0.2) is 19.2 Å².